The summed E-state index contributed by atoms with van der Waals surface area (Å²) >= 11 is 0. The predicted octanol–water partition coefficient (Wildman–Crippen LogP) is 2.13. The van der Waals surface area contributed by atoms with Crippen LogP contribution in [0, 0.1) is 0 Å². The molecule has 1 aliphatic rings. The lowest BCUT2D eigenvalue weighted by atomic mass is 10.1. The minimum Gasteiger partial charge on any atom is -0.469 e. The zero-order valence-corrected chi connectivity index (χ0v) is 15.8. The topological polar surface area (TPSA) is 86.8 Å². The number of nitrogens with zero attached hydrogens (tertiary/aromatic N) is 6. The molecule has 1 saturated heterocycles. The molecule has 0 radical (unpaired) electrons. The van der Waals surface area contributed by atoms with E-state index in [9.17, 15) is 4.79 Å². The second-order valence-corrected chi connectivity index (χ2v) is 7.62. The van der Waals surface area contributed by atoms with Gasteiger partial charge in [-0.05, 0) is 26.8 Å². The van der Waals surface area contributed by atoms with E-state index in [2.05, 4.69) is 15.2 Å². The van der Waals surface area contributed by atoms with Gasteiger partial charge in [-0.2, -0.15) is 10.2 Å². The SMILES string of the molecule is Cn1cc(-c2cn3nccc3c(OC3CN(C(=O)OC(C)(C)C)C3)n2)cn1. The normalized spacial score (nSPS) is 15.0. The molecule has 1 aliphatic heterocycles. The van der Waals surface area contributed by atoms with E-state index in [0.717, 1.165) is 16.8 Å². The average Bonchev–Trinajstić information content (AvgIpc) is 3.16. The Balaban J connectivity index is 1.50. The maximum absolute atomic E-state index is 12.1. The van der Waals surface area contributed by atoms with Crippen molar-refractivity contribution >= 4 is 11.6 Å². The summed E-state index contributed by atoms with van der Waals surface area (Å²) in [6.45, 7) is 6.48. The lowest BCUT2D eigenvalue weighted by molar-refractivity contribution is -0.0228. The van der Waals surface area contributed by atoms with Crippen molar-refractivity contribution < 1.29 is 14.3 Å². The number of hydrogen-bond acceptors (Lipinski definition) is 6. The Hall–Kier alpha value is -3.10. The minimum atomic E-state index is -0.508. The van der Waals surface area contributed by atoms with Crippen LogP contribution in [0.3, 0.4) is 0 Å². The van der Waals surface area contributed by atoms with Crippen LogP contribution in [0.4, 0.5) is 4.79 Å². The van der Waals surface area contributed by atoms with Crippen LogP contribution in [0.1, 0.15) is 20.8 Å². The number of ether oxygens (including phenoxy) is 2. The van der Waals surface area contributed by atoms with Gasteiger partial charge in [-0.3, -0.25) is 4.68 Å². The van der Waals surface area contributed by atoms with Crippen molar-refractivity contribution in [2.75, 3.05) is 13.1 Å². The summed E-state index contributed by atoms with van der Waals surface area (Å²) in [5.74, 6) is 0.489. The Labute approximate surface area is 156 Å². The van der Waals surface area contributed by atoms with Crippen LogP contribution in [0.5, 0.6) is 5.88 Å². The van der Waals surface area contributed by atoms with Gasteiger partial charge >= 0.3 is 6.09 Å². The van der Waals surface area contributed by atoms with E-state index < -0.39 is 5.60 Å². The largest absolute Gasteiger partial charge is 0.469 e. The minimum absolute atomic E-state index is 0.132. The maximum Gasteiger partial charge on any atom is 0.410 e. The van der Waals surface area contributed by atoms with Crippen molar-refractivity contribution in [1.29, 1.82) is 0 Å². The van der Waals surface area contributed by atoms with Crippen LogP contribution >= 0.6 is 0 Å². The van der Waals surface area contributed by atoms with Gasteiger partial charge in [0.05, 0.1) is 37.4 Å². The van der Waals surface area contributed by atoms with Crippen molar-refractivity contribution in [3.63, 3.8) is 0 Å². The second kappa shape index (κ2) is 6.26. The average molecular weight is 370 g/mol. The molecule has 0 unspecified atom stereocenters. The highest BCUT2D eigenvalue weighted by Crippen LogP contribution is 2.26. The molecule has 4 rings (SSSR count). The summed E-state index contributed by atoms with van der Waals surface area (Å²) in [7, 11) is 1.85. The Bertz CT molecular complexity index is 981. The molecule has 9 nitrogen and oxygen atoms in total. The van der Waals surface area contributed by atoms with Crippen molar-refractivity contribution in [2.24, 2.45) is 7.05 Å². The number of aromatic nitrogens is 5. The smallest absolute Gasteiger partial charge is 0.410 e. The molecule has 3 aromatic heterocycles. The van der Waals surface area contributed by atoms with Crippen LogP contribution in [-0.2, 0) is 11.8 Å². The van der Waals surface area contributed by atoms with Gasteiger partial charge in [0.1, 0.15) is 17.2 Å². The quantitative estimate of drug-likeness (QED) is 0.702. The number of rotatable bonds is 3. The standard InChI is InChI=1S/C18H22N6O3/c1-18(2,3)27-17(25)23-9-13(10-23)26-16-15-5-6-19-24(15)11-14(21-16)12-7-20-22(4)8-12/h5-8,11,13H,9-10H2,1-4H3. The lowest BCUT2D eigenvalue weighted by Crippen LogP contribution is -2.57. The van der Waals surface area contributed by atoms with Gasteiger partial charge in [0.15, 0.2) is 0 Å². The van der Waals surface area contributed by atoms with Crippen molar-refractivity contribution in [1.82, 2.24) is 29.3 Å². The van der Waals surface area contributed by atoms with Gasteiger partial charge < -0.3 is 14.4 Å². The van der Waals surface area contributed by atoms with E-state index in [1.54, 1.807) is 26.5 Å². The highest BCUT2D eigenvalue weighted by Gasteiger charge is 2.35. The highest BCUT2D eigenvalue weighted by atomic mass is 16.6. The Kier molecular flexibility index (Phi) is 4.01. The van der Waals surface area contributed by atoms with Gasteiger partial charge in [0, 0.05) is 18.8 Å². The first-order valence-electron chi connectivity index (χ1n) is 8.76. The molecule has 1 fully saturated rings. The van der Waals surface area contributed by atoms with E-state index in [4.69, 9.17) is 9.47 Å². The molecule has 0 aromatic carbocycles. The summed E-state index contributed by atoms with van der Waals surface area (Å²) < 4.78 is 14.9. The molecular weight excluding hydrogens is 348 g/mol. The zero-order valence-electron chi connectivity index (χ0n) is 15.8. The molecule has 1 amide bonds. The Morgan fingerprint density at radius 3 is 2.67 bits per heavy atom. The number of aryl methyl sites for hydroxylation is 1. The van der Waals surface area contributed by atoms with Gasteiger partial charge in [-0.1, -0.05) is 0 Å². The number of likely N-dealkylation sites (tertiary alicyclic amines) is 1. The van der Waals surface area contributed by atoms with E-state index in [-0.39, 0.29) is 12.2 Å². The molecular formula is C18H22N6O3. The Morgan fingerprint density at radius 2 is 2.00 bits per heavy atom. The molecule has 142 valence electrons. The summed E-state index contributed by atoms with van der Waals surface area (Å²) in [6, 6.07) is 1.85. The molecule has 0 bridgehead atoms. The molecule has 27 heavy (non-hydrogen) atoms. The summed E-state index contributed by atoms with van der Waals surface area (Å²) in [5, 5.41) is 8.48. The first-order chi connectivity index (χ1) is 12.8. The summed E-state index contributed by atoms with van der Waals surface area (Å²) in [5.41, 5.74) is 1.87. The summed E-state index contributed by atoms with van der Waals surface area (Å²) in [4.78, 5) is 18.3. The third kappa shape index (κ3) is 3.57. The fourth-order valence-electron chi connectivity index (χ4n) is 2.82. The summed E-state index contributed by atoms with van der Waals surface area (Å²) in [6.07, 6.45) is 6.71. The number of fused-ring (bicyclic) bond motifs is 1. The highest BCUT2D eigenvalue weighted by molar-refractivity contribution is 5.69. The van der Waals surface area contributed by atoms with E-state index >= 15 is 0 Å². The maximum atomic E-state index is 12.1. The van der Waals surface area contributed by atoms with Gasteiger partial charge in [0.25, 0.3) is 0 Å². The van der Waals surface area contributed by atoms with E-state index in [1.807, 2.05) is 46.3 Å². The van der Waals surface area contributed by atoms with E-state index in [1.165, 1.54) is 0 Å². The fraction of sp³-hybridized carbons (Fsp3) is 0.444. The van der Waals surface area contributed by atoms with Gasteiger partial charge in [-0.25, -0.2) is 14.3 Å². The lowest BCUT2D eigenvalue weighted by Gasteiger charge is -2.39. The van der Waals surface area contributed by atoms with Crippen molar-refractivity contribution in [3.05, 3.63) is 30.9 Å². The van der Waals surface area contributed by atoms with Crippen LogP contribution < -0.4 is 4.74 Å². The molecule has 9 heteroatoms. The first-order valence-corrected chi connectivity index (χ1v) is 8.76. The monoisotopic (exact) mass is 370 g/mol. The van der Waals surface area contributed by atoms with Crippen LogP contribution in [-0.4, -0.2) is 60.2 Å². The number of amides is 1. The molecule has 0 atom stereocenters. The zero-order chi connectivity index (χ0) is 19.2. The molecule has 0 spiro atoms. The van der Waals surface area contributed by atoms with Crippen LogP contribution in [0.2, 0.25) is 0 Å². The van der Waals surface area contributed by atoms with Gasteiger partial charge in [0.2, 0.25) is 5.88 Å². The molecule has 0 saturated carbocycles. The molecule has 3 aromatic rings. The molecule has 0 N–H and O–H groups in total. The van der Waals surface area contributed by atoms with Crippen molar-refractivity contribution in [3.8, 4) is 17.1 Å². The Morgan fingerprint density at radius 1 is 1.22 bits per heavy atom. The van der Waals surface area contributed by atoms with Gasteiger partial charge in [-0.15, -0.1) is 0 Å². The fourth-order valence-corrected chi connectivity index (χ4v) is 2.82. The van der Waals surface area contributed by atoms with E-state index in [0.29, 0.717) is 19.0 Å². The predicted molar refractivity (Wildman–Crippen MR) is 97.4 cm³/mol. The second-order valence-electron chi connectivity index (χ2n) is 7.62. The number of carbonyl (C=O) groups is 1. The first kappa shape index (κ1) is 17.3. The van der Waals surface area contributed by atoms with Crippen molar-refractivity contribution in [2.45, 2.75) is 32.5 Å². The molecule has 4 heterocycles. The third-order valence-electron chi connectivity index (χ3n) is 4.13. The number of carbonyl (C=O) groups excluding carboxylic acids is 1. The number of hydrogen-bond donors (Lipinski definition) is 0. The van der Waals surface area contributed by atoms with Crippen LogP contribution in [0.25, 0.3) is 16.8 Å². The molecule has 0 aliphatic carbocycles. The van der Waals surface area contributed by atoms with Crippen LogP contribution in [0.15, 0.2) is 30.9 Å². The third-order valence-corrected chi connectivity index (χ3v) is 4.13.